The Bertz CT molecular complexity index is 677. The van der Waals surface area contributed by atoms with E-state index in [4.69, 9.17) is 4.74 Å². The van der Waals surface area contributed by atoms with Crippen LogP contribution in [0.1, 0.15) is 26.5 Å². The van der Waals surface area contributed by atoms with Crippen LogP contribution in [0.15, 0.2) is 39.3 Å². The summed E-state index contributed by atoms with van der Waals surface area (Å²) in [6.45, 7) is 5.99. The molecule has 2 N–H and O–H groups in total. The van der Waals surface area contributed by atoms with E-state index in [0.29, 0.717) is 17.1 Å². The minimum atomic E-state index is -0.276. The zero-order chi connectivity index (χ0) is 14.8. The Morgan fingerprint density at radius 3 is 2.55 bits per heavy atom. The normalized spacial score (nSPS) is 12.0. The second-order valence-electron chi connectivity index (χ2n) is 5.45. The number of hydrogen-bond acceptors (Lipinski definition) is 4. The first-order chi connectivity index (χ1) is 9.41. The van der Waals surface area contributed by atoms with Crippen LogP contribution in [0.2, 0.25) is 0 Å². The smallest absolute Gasteiger partial charge is 0.292 e. The molecule has 1 aromatic heterocycles. The Balaban J connectivity index is 2.36. The lowest BCUT2D eigenvalue weighted by atomic mass is 9.91. The maximum atomic E-state index is 11.8. The van der Waals surface area contributed by atoms with Crippen LogP contribution in [-0.4, -0.2) is 17.3 Å². The second-order valence-corrected chi connectivity index (χ2v) is 5.45. The number of ether oxygens (including phenoxy) is 1. The van der Waals surface area contributed by atoms with Crippen molar-refractivity contribution >= 4 is 11.4 Å². The van der Waals surface area contributed by atoms with Crippen molar-refractivity contribution in [2.45, 2.75) is 26.2 Å². The summed E-state index contributed by atoms with van der Waals surface area (Å²) in [5.41, 5.74) is 1.17. The van der Waals surface area contributed by atoms with E-state index in [2.05, 4.69) is 20.4 Å². The van der Waals surface area contributed by atoms with Crippen molar-refractivity contribution in [3.05, 3.63) is 40.3 Å². The van der Waals surface area contributed by atoms with Crippen LogP contribution >= 0.6 is 0 Å². The highest BCUT2D eigenvalue weighted by atomic mass is 16.5. The average molecular weight is 274 g/mol. The van der Waals surface area contributed by atoms with Gasteiger partial charge in [0.2, 0.25) is 0 Å². The van der Waals surface area contributed by atoms with E-state index >= 15 is 0 Å². The fourth-order valence-corrected chi connectivity index (χ4v) is 1.77. The molecule has 0 spiro atoms. The lowest BCUT2D eigenvalue weighted by Gasteiger charge is -2.15. The van der Waals surface area contributed by atoms with Crippen molar-refractivity contribution in [2.24, 2.45) is 10.2 Å². The maximum absolute atomic E-state index is 11.8. The van der Waals surface area contributed by atoms with Crippen molar-refractivity contribution in [1.29, 1.82) is 0 Å². The topological polar surface area (TPSA) is 82.6 Å². The van der Waals surface area contributed by atoms with Crippen molar-refractivity contribution in [2.75, 3.05) is 7.11 Å². The summed E-state index contributed by atoms with van der Waals surface area (Å²) in [5, 5.41) is 13.6. The van der Waals surface area contributed by atoms with Gasteiger partial charge in [-0.05, 0) is 12.1 Å². The molecule has 0 aliphatic rings. The number of rotatable bonds is 3. The summed E-state index contributed by atoms with van der Waals surface area (Å²) in [6.07, 6.45) is 0. The molecule has 0 amide bonds. The maximum Gasteiger partial charge on any atom is 0.292 e. The highest BCUT2D eigenvalue weighted by Gasteiger charge is 2.22. The van der Waals surface area contributed by atoms with Gasteiger partial charge in [0.25, 0.3) is 5.56 Å². The summed E-state index contributed by atoms with van der Waals surface area (Å²) in [5.74, 6) is 0.695. The van der Waals surface area contributed by atoms with Gasteiger partial charge in [-0.2, -0.15) is 5.11 Å². The van der Waals surface area contributed by atoms with Gasteiger partial charge in [0.15, 0.2) is 5.69 Å². The van der Waals surface area contributed by atoms with Crippen LogP contribution in [0, 0.1) is 0 Å². The van der Waals surface area contributed by atoms with Gasteiger partial charge in [0.1, 0.15) is 5.75 Å². The molecule has 1 aromatic carbocycles. The van der Waals surface area contributed by atoms with E-state index in [1.165, 1.54) is 0 Å². The minimum absolute atomic E-state index is 0.220. The van der Waals surface area contributed by atoms with E-state index in [1.807, 2.05) is 32.9 Å². The zero-order valence-electron chi connectivity index (χ0n) is 12.0. The number of nitrogens with zero attached hydrogens (tertiary/aromatic N) is 2. The number of aromatic nitrogens is 2. The molecule has 2 rings (SSSR count). The molecule has 0 radical (unpaired) electrons. The fraction of sp³-hybridized carbons (Fsp3) is 0.357. The summed E-state index contributed by atoms with van der Waals surface area (Å²) >= 11 is 0. The standard InChI is InChI=1S/C14H18N4O2/c1-14(2,3)12-11(13(19)18-17-12)16-15-9-6-5-7-10(8-9)20-4/h5-8H,1-4H3,(H2,17,18,19). The molecular weight excluding hydrogens is 256 g/mol. The molecule has 106 valence electrons. The van der Waals surface area contributed by atoms with Crippen LogP contribution in [0.3, 0.4) is 0 Å². The van der Waals surface area contributed by atoms with Gasteiger partial charge in [-0.15, -0.1) is 5.11 Å². The summed E-state index contributed by atoms with van der Waals surface area (Å²) in [4.78, 5) is 11.8. The number of azo groups is 1. The van der Waals surface area contributed by atoms with Gasteiger partial charge >= 0.3 is 0 Å². The van der Waals surface area contributed by atoms with Gasteiger partial charge in [-0.3, -0.25) is 15.0 Å². The third-order valence-corrected chi connectivity index (χ3v) is 2.82. The lowest BCUT2D eigenvalue weighted by molar-refractivity contribution is 0.415. The van der Waals surface area contributed by atoms with Gasteiger partial charge in [0, 0.05) is 11.5 Å². The predicted octanol–water partition coefficient (Wildman–Crippen LogP) is 3.42. The van der Waals surface area contributed by atoms with E-state index in [0.717, 1.165) is 5.69 Å². The number of hydrogen-bond donors (Lipinski definition) is 2. The SMILES string of the molecule is COc1cccc(N=Nc2c(C(C)(C)C)[nH][nH]c2=O)c1. The lowest BCUT2D eigenvalue weighted by Crippen LogP contribution is -2.12. The van der Waals surface area contributed by atoms with E-state index in [9.17, 15) is 4.79 Å². The Morgan fingerprint density at radius 2 is 1.90 bits per heavy atom. The van der Waals surface area contributed by atoms with Crippen LogP contribution < -0.4 is 10.3 Å². The molecule has 0 aliphatic carbocycles. The molecular formula is C14H18N4O2. The molecule has 6 heteroatoms. The van der Waals surface area contributed by atoms with Crippen LogP contribution in [-0.2, 0) is 5.41 Å². The molecule has 0 aliphatic heterocycles. The first-order valence-electron chi connectivity index (χ1n) is 6.29. The van der Waals surface area contributed by atoms with Crippen molar-refractivity contribution in [3.8, 4) is 5.75 Å². The van der Waals surface area contributed by atoms with E-state index < -0.39 is 0 Å². The second kappa shape index (κ2) is 5.32. The number of benzene rings is 1. The van der Waals surface area contributed by atoms with Crippen molar-refractivity contribution in [1.82, 2.24) is 10.2 Å². The molecule has 0 saturated carbocycles. The molecule has 6 nitrogen and oxygen atoms in total. The highest BCUT2D eigenvalue weighted by Crippen LogP contribution is 2.28. The molecule has 0 unspecified atom stereocenters. The molecule has 2 aromatic rings. The molecule has 0 fully saturated rings. The van der Waals surface area contributed by atoms with Gasteiger partial charge < -0.3 is 4.74 Å². The monoisotopic (exact) mass is 274 g/mol. The fourth-order valence-electron chi connectivity index (χ4n) is 1.77. The molecule has 0 bridgehead atoms. The largest absolute Gasteiger partial charge is 0.497 e. The van der Waals surface area contributed by atoms with E-state index in [1.54, 1.807) is 19.2 Å². The Kier molecular flexibility index (Phi) is 3.74. The number of aromatic amines is 2. The van der Waals surface area contributed by atoms with Gasteiger partial charge in [-0.25, -0.2) is 0 Å². The molecule has 0 atom stereocenters. The highest BCUT2D eigenvalue weighted by molar-refractivity contribution is 5.46. The Labute approximate surface area is 116 Å². The average Bonchev–Trinajstić information content (AvgIpc) is 2.78. The van der Waals surface area contributed by atoms with Gasteiger partial charge in [0.05, 0.1) is 18.5 Å². The first kappa shape index (κ1) is 14.0. The Hall–Kier alpha value is -2.37. The van der Waals surface area contributed by atoms with E-state index in [-0.39, 0.29) is 11.0 Å². The molecule has 0 saturated heterocycles. The molecule has 20 heavy (non-hydrogen) atoms. The number of H-pyrrole nitrogens is 2. The minimum Gasteiger partial charge on any atom is -0.497 e. The summed E-state index contributed by atoms with van der Waals surface area (Å²) in [7, 11) is 1.59. The summed E-state index contributed by atoms with van der Waals surface area (Å²) in [6, 6.07) is 7.19. The van der Waals surface area contributed by atoms with Crippen LogP contribution in [0.4, 0.5) is 11.4 Å². The van der Waals surface area contributed by atoms with Gasteiger partial charge in [-0.1, -0.05) is 26.8 Å². The van der Waals surface area contributed by atoms with Crippen molar-refractivity contribution < 1.29 is 4.74 Å². The van der Waals surface area contributed by atoms with Crippen LogP contribution in [0.25, 0.3) is 0 Å². The third-order valence-electron chi connectivity index (χ3n) is 2.82. The summed E-state index contributed by atoms with van der Waals surface area (Å²) < 4.78 is 5.12. The first-order valence-corrected chi connectivity index (χ1v) is 6.29. The Morgan fingerprint density at radius 1 is 1.15 bits per heavy atom. The number of methoxy groups -OCH3 is 1. The van der Waals surface area contributed by atoms with Crippen molar-refractivity contribution in [3.63, 3.8) is 0 Å². The quantitative estimate of drug-likeness (QED) is 0.840. The number of nitrogens with one attached hydrogen (secondary N) is 2. The molecule has 1 heterocycles. The zero-order valence-corrected chi connectivity index (χ0v) is 12.0. The van der Waals surface area contributed by atoms with Crippen LogP contribution in [0.5, 0.6) is 5.75 Å². The third kappa shape index (κ3) is 2.96. The predicted molar refractivity (Wildman–Crippen MR) is 77.3 cm³/mol.